The Morgan fingerprint density at radius 3 is 2.56 bits per heavy atom. The highest BCUT2D eigenvalue weighted by Gasteiger charge is 2.19. The van der Waals surface area contributed by atoms with Gasteiger partial charge in [0.15, 0.2) is 11.3 Å². The van der Waals surface area contributed by atoms with Crippen LogP contribution in [0.2, 0.25) is 0 Å². The molecule has 0 aliphatic carbocycles. The van der Waals surface area contributed by atoms with E-state index in [0.717, 1.165) is 47.7 Å². The number of piperidine rings is 1. The van der Waals surface area contributed by atoms with Crippen molar-refractivity contribution in [1.29, 1.82) is 0 Å². The summed E-state index contributed by atoms with van der Waals surface area (Å²) in [5.74, 6) is 1.95. The average molecular weight is 335 g/mol. The summed E-state index contributed by atoms with van der Waals surface area (Å²) in [6, 6.07) is 16.2. The third-order valence-electron chi connectivity index (χ3n) is 4.82. The zero-order valence-electron chi connectivity index (χ0n) is 14.3. The van der Waals surface area contributed by atoms with Gasteiger partial charge in [0.05, 0.1) is 7.11 Å². The number of ketones is 1. The molecule has 3 aromatic rings. The van der Waals surface area contributed by atoms with Crippen LogP contribution in [0.25, 0.3) is 22.3 Å². The monoisotopic (exact) mass is 335 g/mol. The molecule has 4 nitrogen and oxygen atoms in total. The van der Waals surface area contributed by atoms with E-state index in [4.69, 9.17) is 9.15 Å². The molecule has 1 aromatic heterocycles. The number of benzene rings is 2. The van der Waals surface area contributed by atoms with Crippen LogP contribution in [0.1, 0.15) is 18.4 Å². The zero-order valence-corrected chi connectivity index (χ0v) is 14.3. The van der Waals surface area contributed by atoms with Crippen LogP contribution >= 0.6 is 0 Å². The topological polar surface area (TPSA) is 42.7 Å². The minimum Gasteiger partial charge on any atom is -0.493 e. The number of carbonyl (C=O) groups excluding carboxylic acids is 1. The Bertz CT molecular complexity index is 888. The number of fused-ring (bicyclic) bond motifs is 1. The molecule has 1 fully saturated rings. The van der Waals surface area contributed by atoms with Crippen LogP contribution in [0.4, 0.5) is 0 Å². The van der Waals surface area contributed by atoms with E-state index < -0.39 is 0 Å². The van der Waals surface area contributed by atoms with Gasteiger partial charge in [0.2, 0.25) is 0 Å². The van der Waals surface area contributed by atoms with Gasteiger partial charge in [-0.1, -0.05) is 36.4 Å². The molecule has 0 radical (unpaired) electrons. The summed E-state index contributed by atoms with van der Waals surface area (Å²) in [5.41, 5.74) is 3.04. The summed E-state index contributed by atoms with van der Waals surface area (Å²) in [6.07, 6.45) is 1.31. The van der Waals surface area contributed by atoms with Crippen molar-refractivity contribution in [2.24, 2.45) is 0 Å². The second-order valence-electron chi connectivity index (χ2n) is 6.46. The van der Waals surface area contributed by atoms with E-state index in [1.165, 1.54) is 5.56 Å². The Hall–Kier alpha value is -2.59. The maximum atomic E-state index is 11.5. The highest BCUT2D eigenvalue weighted by atomic mass is 16.5. The van der Waals surface area contributed by atoms with Crippen LogP contribution < -0.4 is 4.74 Å². The zero-order chi connectivity index (χ0) is 17.2. The van der Waals surface area contributed by atoms with Gasteiger partial charge in [-0.15, -0.1) is 0 Å². The first-order chi connectivity index (χ1) is 12.2. The third-order valence-corrected chi connectivity index (χ3v) is 4.82. The SMILES string of the molecule is COc1ccc(CN2CCC(=O)CC2)c2cc(-c3ccccc3)oc12. The lowest BCUT2D eigenvalue weighted by molar-refractivity contribution is -0.121. The van der Waals surface area contributed by atoms with Gasteiger partial charge in [0, 0.05) is 43.4 Å². The number of Topliss-reactive ketones (excluding diaryl/α,β-unsaturated/α-hetero) is 1. The molecule has 128 valence electrons. The summed E-state index contributed by atoms with van der Waals surface area (Å²) in [6.45, 7) is 2.48. The molecular weight excluding hydrogens is 314 g/mol. The molecule has 2 heterocycles. The van der Waals surface area contributed by atoms with Crippen LogP contribution in [-0.2, 0) is 11.3 Å². The smallest absolute Gasteiger partial charge is 0.176 e. The van der Waals surface area contributed by atoms with Gasteiger partial charge in [0.1, 0.15) is 11.5 Å². The summed E-state index contributed by atoms with van der Waals surface area (Å²) < 4.78 is 11.6. The minimum absolute atomic E-state index is 0.366. The number of carbonyl (C=O) groups is 1. The van der Waals surface area contributed by atoms with Crippen molar-refractivity contribution in [3.05, 3.63) is 54.1 Å². The molecule has 25 heavy (non-hydrogen) atoms. The number of likely N-dealkylation sites (tertiary alicyclic amines) is 1. The van der Waals surface area contributed by atoms with Gasteiger partial charge in [-0.05, 0) is 17.7 Å². The molecular formula is C21H21NO3. The van der Waals surface area contributed by atoms with Gasteiger partial charge >= 0.3 is 0 Å². The second kappa shape index (κ2) is 6.73. The molecule has 1 saturated heterocycles. The van der Waals surface area contributed by atoms with Gasteiger partial charge in [-0.2, -0.15) is 0 Å². The Kier molecular flexibility index (Phi) is 4.28. The molecule has 2 aromatic carbocycles. The summed E-state index contributed by atoms with van der Waals surface area (Å²) >= 11 is 0. The molecule has 0 atom stereocenters. The maximum Gasteiger partial charge on any atom is 0.176 e. The second-order valence-corrected chi connectivity index (χ2v) is 6.46. The summed E-state index contributed by atoms with van der Waals surface area (Å²) in [4.78, 5) is 13.8. The molecule has 0 spiro atoms. The predicted octanol–water partition coefficient (Wildman–Crippen LogP) is 4.27. The van der Waals surface area contributed by atoms with E-state index in [0.29, 0.717) is 18.6 Å². The highest BCUT2D eigenvalue weighted by molar-refractivity contribution is 5.90. The molecule has 1 aliphatic heterocycles. The Labute approximate surface area is 147 Å². The largest absolute Gasteiger partial charge is 0.493 e. The van der Waals surface area contributed by atoms with Gasteiger partial charge in [-0.3, -0.25) is 9.69 Å². The van der Waals surface area contributed by atoms with E-state index in [9.17, 15) is 4.79 Å². The lowest BCUT2D eigenvalue weighted by Crippen LogP contribution is -2.33. The first-order valence-corrected chi connectivity index (χ1v) is 8.63. The van der Waals surface area contributed by atoms with Crippen LogP contribution in [0, 0.1) is 0 Å². The fraction of sp³-hybridized carbons (Fsp3) is 0.286. The molecule has 0 bridgehead atoms. The fourth-order valence-electron chi connectivity index (χ4n) is 3.40. The van der Waals surface area contributed by atoms with Gasteiger partial charge < -0.3 is 9.15 Å². The standard InChI is InChI=1S/C21H21NO3/c1-24-19-8-7-16(14-22-11-9-17(23)10-12-22)18-13-20(25-21(18)19)15-5-3-2-4-6-15/h2-8,13H,9-12,14H2,1H3. The molecule has 4 heteroatoms. The first kappa shape index (κ1) is 15.9. The Balaban J connectivity index is 1.72. The van der Waals surface area contributed by atoms with Gasteiger partial charge in [0.25, 0.3) is 0 Å². The van der Waals surface area contributed by atoms with Crippen molar-refractivity contribution < 1.29 is 13.9 Å². The highest BCUT2D eigenvalue weighted by Crippen LogP contribution is 2.36. The number of rotatable bonds is 4. The molecule has 0 unspecified atom stereocenters. The average Bonchev–Trinajstić information content (AvgIpc) is 3.10. The van der Waals surface area contributed by atoms with Crippen molar-refractivity contribution >= 4 is 16.8 Å². The van der Waals surface area contributed by atoms with Crippen LogP contribution in [-0.4, -0.2) is 30.9 Å². The number of hydrogen-bond acceptors (Lipinski definition) is 4. The molecule has 0 N–H and O–H groups in total. The Morgan fingerprint density at radius 1 is 1.08 bits per heavy atom. The van der Waals surface area contributed by atoms with E-state index in [-0.39, 0.29) is 0 Å². The fourth-order valence-corrected chi connectivity index (χ4v) is 3.40. The van der Waals surface area contributed by atoms with Crippen molar-refractivity contribution in [2.45, 2.75) is 19.4 Å². The lowest BCUT2D eigenvalue weighted by Gasteiger charge is -2.26. The van der Waals surface area contributed by atoms with E-state index in [1.54, 1.807) is 7.11 Å². The van der Waals surface area contributed by atoms with E-state index >= 15 is 0 Å². The summed E-state index contributed by atoms with van der Waals surface area (Å²) in [5, 5.41) is 1.08. The van der Waals surface area contributed by atoms with Crippen LogP contribution in [0.3, 0.4) is 0 Å². The number of nitrogens with zero attached hydrogens (tertiary/aromatic N) is 1. The molecule has 0 amide bonds. The molecule has 0 saturated carbocycles. The van der Waals surface area contributed by atoms with E-state index in [2.05, 4.69) is 17.0 Å². The molecule has 1 aliphatic rings. The normalized spacial score (nSPS) is 15.6. The number of ether oxygens (including phenoxy) is 1. The maximum absolute atomic E-state index is 11.5. The number of hydrogen-bond donors (Lipinski definition) is 0. The van der Waals surface area contributed by atoms with Gasteiger partial charge in [-0.25, -0.2) is 0 Å². The van der Waals surface area contributed by atoms with Crippen molar-refractivity contribution in [3.8, 4) is 17.1 Å². The molecule has 4 rings (SSSR count). The quantitative estimate of drug-likeness (QED) is 0.714. The van der Waals surface area contributed by atoms with E-state index in [1.807, 2.05) is 36.4 Å². The Morgan fingerprint density at radius 2 is 1.84 bits per heavy atom. The minimum atomic E-state index is 0.366. The van der Waals surface area contributed by atoms with Crippen molar-refractivity contribution in [3.63, 3.8) is 0 Å². The summed E-state index contributed by atoms with van der Waals surface area (Å²) in [7, 11) is 1.66. The van der Waals surface area contributed by atoms with Crippen LogP contribution in [0.5, 0.6) is 5.75 Å². The third kappa shape index (κ3) is 3.17. The van der Waals surface area contributed by atoms with Crippen molar-refractivity contribution in [2.75, 3.05) is 20.2 Å². The first-order valence-electron chi connectivity index (χ1n) is 8.63. The van der Waals surface area contributed by atoms with Crippen LogP contribution in [0.15, 0.2) is 52.9 Å². The number of methoxy groups -OCH3 is 1. The van der Waals surface area contributed by atoms with Crippen molar-refractivity contribution in [1.82, 2.24) is 4.90 Å². The lowest BCUT2D eigenvalue weighted by atomic mass is 10.1. The number of furan rings is 1. The predicted molar refractivity (Wildman–Crippen MR) is 97.7 cm³/mol.